The average molecular weight is 348 g/mol. The maximum Gasteiger partial charge on any atom is 0.244 e. The van der Waals surface area contributed by atoms with Crippen molar-refractivity contribution in [3.8, 4) is 0 Å². The minimum atomic E-state index is -0.190. The first kappa shape index (κ1) is 19.4. The van der Waals surface area contributed by atoms with Gasteiger partial charge in [-0.1, -0.05) is 12.1 Å². The van der Waals surface area contributed by atoms with Gasteiger partial charge in [0.2, 0.25) is 11.8 Å². The second-order valence-electron chi connectivity index (χ2n) is 6.43. The normalized spacial score (nSPS) is 15.0. The summed E-state index contributed by atoms with van der Waals surface area (Å²) in [6.45, 7) is 6.03. The van der Waals surface area contributed by atoms with Gasteiger partial charge in [-0.05, 0) is 43.9 Å². The molecule has 1 fully saturated rings. The third kappa shape index (κ3) is 5.54. The number of amides is 2. The van der Waals surface area contributed by atoms with Crippen molar-refractivity contribution < 1.29 is 19.1 Å². The Morgan fingerprint density at radius 1 is 1.28 bits per heavy atom. The molecule has 2 rings (SSSR count). The fourth-order valence-corrected chi connectivity index (χ4v) is 2.92. The molecule has 0 bridgehead atoms. The van der Waals surface area contributed by atoms with Gasteiger partial charge in [0.1, 0.15) is 0 Å². The molecule has 1 heterocycles. The van der Waals surface area contributed by atoms with Crippen LogP contribution in [0.15, 0.2) is 18.2 Å². The number of aryl methyl sites for hydroxylation is 1. The van der Waals surface area contributed by atoms with Crippen molar-refractivity contribution in [2.24, 2.45) is 5.92 Å². The van der Waals surface area contributed by atoms with Gasteiger partial charge in [-0.3, -0.25) is 9.59 Å². The van der Waals surface area contributed by atoms with Crippen molar-refractivity contribution in [3.63, 3.8) is 0 Å². The molecule has 0 saturated carbocycles. The summed E-state index contributed by atoms with van der Waals surface area (Å²) in [6, 6.07) is 5.79. The monoisotopic (exact) mass is 348 g/mol. The second kappa shape index (κ2) is 9.53. The molecule has 0 aliphatic carbocycles. The Balaban J connectivity index is 2.01. The number of nitrogens with one attached hydrogen (secondary N) is 1. The molecular formula is C19H28N2O4. The van der Waals surface area contributed by atoms with Crippen LogP contribution < -0.4 is 5.32 Å². The van der Waals surface area contributed by atoms with Crippen LogP contribution in [0.1, 0.15) is 24.0 Å². The van der Waals surface area contributed by atoms with Gasteiger partial charge in [-0.25, -0.2) is 0 Å². The molecule has 0 atom stereocenters. The van der Waals surface area contributed by atoms with Crippen LogP contribution in [0.2, 0.25) is 0 Å². The van der Waals surface area contributed by atoms with E-state index < -0.39 is 0 Å². The zero-order valence-electron chi connectivity index (χ0n) is 15.3. The lowest BCUT2D eigenvalue weighted by Crippen LogP contribution is -2.44. The topological polar surface area (TPSA) is 67.9 Å². The van der Waals surface area contributed by atoms with Crippen LogP contribution in [0.3, 0.4) is 0 Å². The molecule has 0 spiro atoms. The lowest BCUT2D eigenvalue weighted by Gasteiger charge is -2.29. The van der Waals surface area contributed by atoms with Crippen LogP contribution >= 0.6 is 0 Å². The summed E-state index contributed by atoms with van der Waals surface area (Å²) in [5, 5.41) is 2.92. The standard InChI is InChI=1S/C19H28N2O4/c1-14-5-4-6-17(15(14)2)20-18(22)13-21(9-12-24-3)19(23)16-7-10-25-11-8-16/h4-6,16H,7-13H2,1-3H3,(H,20,22). The predicted octanol–water partition coefficient (Wildman–Crippen LogP) is 2.14. The number of methoxy groups -OCH3 is 1. The van der Waals surface area contributed by atoms with E-state index in [9.17, 15) is 9.59 Å². The highest BCUT2D eigenvalue weighted by atomic mass is 16.5. The Morgan fingerprint density at radius 3 is 2.68 bits per heavy atom. The summed E-state index contributed by atoms with van der Waals surface area (Å²) in [7, 11) is 1.59. The number of rotatable bonds is 7. The van der Waals surface area contributed by atoms with E-state index >= 15 is 0 Å². The van der Waals surface area contributed by atoms with E-state index in [0.29, 0.717) is 39.2 Å². The first-order valence-electron chi connectivity index (χ1n) is 8.74. The summed E-state index contributed by atoms with van der Waals surface area (Å²) >= 11 is 0. The number of nitrogens with zero attached hydrogens (tertiary/aromatic N) is 1. The number of anilines is 1. The van der Waals surface area contributed by atoms with Crippen molar-refractivity contribution in [2.75, 3.05) is 45.3 Å². The molecule has 6 nitrogen and oxygen atoms in total. The van der Waals surface area contributed by atoms with Crippen LogP contribution in [0.5, 0.6) is 0 Å². The average Bonchev–Trinajstić information content (AvgIpc) is 2.62. The largest absolute Gasteiger partial charge is 0.383 e. The second-order valence-corrected chi connectivity index (χ2v) is 6.43. The van der Waals surface area contributed by atoms with E-state index in [1.807, 2.05) is 32.0 Å². The number of hydrogen-bond acceptors (Lipinski definition) is 4. The lowest BCUT2D eigenvalue weighted by atomic mass is 9.98. The molecule has 1 N–H and O–H groups in total. The number of ether oxygens (including phenoxy) is 2. The molecule has 2 amide bonds. The quantitative estimate of drug-likeness (QED) is 0.820. The van der Waals surface area contributed by atoms with E-state index in [4.69, 9.17) is 9.47 Å². The maximum absolute atomic E-state index is 12.7. The van der Waals surface area contributed by atoms with Gasteiger partial charge in [0, 0.05) is 38.5 Å². The Bertz CT molecular complexity index is 597. The third-order valence-corrected chi connectivity index (χ3v) is 4.66. The fraction of sp³-hybridized carbons (Fsp3) is 0.579. The van der Waals surface area contributed by atoms with E-state index in [-0.39, 0.29) is 24.3 Å². The number of hydrogen-bond donors (Lipinski definition) is 1. The molecule has 1 saturated heterocycles. The summed E-state index contributed by atoms with van der Waals surface area (Å²) in [4.78, 5) is 26.8. The Hall–Kier alpha value is -1.92. The van der Waals surface area contributed by atoms with Crippen molar-refractivity contribution >= 4 is 17.5 Å². The lowest BCUT2D eigenvalue weighted by molar-refractivity contribution is -0.141. The first-order valence-corrected chi connectivity index (χ1v) is 8.74. The number of carbonyl (C=O) groups is 2. The first-order chi connectivity index (χ1) is 12.0. The predicted molar refractivity (Wildman–Crippen MR) is 96.5 cm³/mol. The van der Waals surface area contributed by atoms with E-state index in [0.717, 1.165) is 16.8 Å². The molecular weight excluding hydrogens is 320 g/mol. The molecule has 1 aliphatic rings. The Kier molecular flexibility index (Phi) is 7.40. The summed E-state index contributed by atoms with van der Waals surface area (Å²) in [6.07, 6.45) is 1.42. The van der Waals surface area contributed by atoms with Gasteiger partial charge >= 0.3 is 0 Å². The van der Waals surface area contributed by atoms with Crippen molar-refractivity contribution in [2.45, 2.75) is 26.7 Å². The van der Waals surface area contributed by atoms with Crippen LogP contribution in [-0.4, -0.2) is 56.7 Å². The van der Waals surface area contributed by atoms with E-state index in [1.165, 1.54) is 0 Å². The minimum absolute atomic E-state index is 0.0106. The highest BCUT2D eigenvalue weighted by molar-refractivity contribution is 5.95. The molecule has 1 aliphatic heterocycles. The highest BCUT2D eigenvalue weighted by Gasteiger charge is 2.27. The van der Waals surface area contributed by atoms with Crippen LogP contribution in [0.4, 0.5) is 5.69 Å². The van der Waals surface area contributed by atoms with Gasteiger partial charge in [0.25, 0.3) is 0 Å². The molecule has 6 heteroatoms. The van der Waals surface area contributed by atoms with Crippen molar-refractivity contribution in [1.82, 2.24) is 4.90 Å². The van der Waals surface area contributed by atoms with Crippen LogP contribution in [0, 0.1) is 19.8 Å². The molecule has 0 unspecified atom stereocenters. The van der Waals surface area contributed by atoms with Crippen LogP contribution in [0.25, 0.3) is 0 Å². The van der Waals surface area contributed by atoms with Crippen molar-refractivity contribution in [1.29, 1.82) is 0 Å². The molecule has 0 radical (unpaired) electrons. The fourth-order valence-electron chi connectivity index (χ4n) is 2.92. The molecule has 0 aromatic heterocycles. The molecule has 25 heavy (non-hydrogen) atoms. The Morgan fingerprint density at radius 2 is 2.00 bits per heavy atom. The summed E-state index contributed by atoms with van der Waals surface area (Å²) in [5.41, 5.74) is 2.94. The van der Waals surface area contributed by atoms with Gasteiger partial charge in [-0.2, -0.15) is 0 Å². The number of benzene rings is 1. The zero-order valence-corrected chi connectivity index (χ0v) is 15.3. The van der Waals surface area contributed by atoms with E-state index in [2.05, 4.69) is 5.32 Å². The van der Waals surface area contributed by atoms with Gasteiger partial charge in [0.05, 0.1) is 13.2 Å². The molecule has 1 aromatic carbocycles. The Labute approximate surface area is 149 Å². The van der Waals surface area contributed by atoms with Gasteiger partial charge in [-0.15, -0.1) is 0 Å². The summed E-state index contributed by atoms with van der Waals surface area (Å²) in [5.74, 6) is -0.249. The van der Waals surface area contributed by atoms with Crippen LogP contribution in [-0.2, 0) is 19.1 Å². The van der Waals surface area contributed by atoms with E-state index in [1.54, 1.807) is 12.0 Å². The third-order valence-electron chi connectivity index (χ3n) is 4.66. The number of carbonyl (C=O) groups excluding carboxylic acids is 2. The zero-order chi connectivity index (χ0) is 18.2. The summed E-state index contributed by atoms with van der Waals surface area (Å²) < 4.78 is 10.4. The minimum Gasteiger partial charge on any atom is -0.383 e. The molecule has 138 valence electrons. The van der Waals surface area contributed by atoms with Crippen molar-refractivity contribution in [3.05, 3.63) is 29.3 Å². The SMILES string of the molecule is COCCN(CC(=O)Nc1cccc(C)c1C)C(=O)C1CCOCC1. The highest BCUT2D eigenvalue weighted by Crippen LogP contribution is 2.19. The van der Waals surface area contributed by atoms with Gasteiger partial charge < -0.3 is 19.7 Å². The maximum atomic E-state index is 12.7. The molecule has 1 aromatic rings. The smallest absolute Gasteiger partial charge is 0.244 e. The van der Waals surface area contributed by atoms with Gasteiger partial charge in [0.15, 0.2) is 0 Å².